The number of hydrogen-bond donors (Lipinski definition) is 2. The molecule has 0 saturated carbocycles. The Balaban J connectivity index is 2.13. The monoisotopic (exact) mass is 349 g/mol. The molecule has 2 aromatic carbocycles. The molecule has 1 aliphatic heterocycles. The fraction of sp³-hybridized carbons (Fsp3) is 0.133. The summed E-state index contributed by atoms with van der Waals surface area (Å²) in [4.78, 5) is 13.5. The molecule has 6 heteroatoms. The van der Waals surface area contributed by atoms with Crippen LogP contribution in [-0.4, -0.2) is 12.5 Å². The molecule has 21 heavy (non-hydrogen) atoms. The number of hydrogen-bond acceptors (Lipinski definition) is 3. The van der Waals surface area contributed by atoms with E-state index in [1.807, 2.05) is 18.2 Å². The molecular weight excluding hydrogens is 337 g/mol. The predicted octanol–water partition coefficient (Wildman–Crippen LogP) is 3.14. The van der Waals surface area contributed by atoms with Crippen molar-refractivity contribution >= 4 is 38.9 Å². The Morgan fingerprint density at radius 1 is 1.24 bits per heavy atom. The van der Waals surface area contributed by atoms with E-state index in [9.17, 15) is 9.18 Å². The van der Waals surface area contributed by atoms with E-state index in [1.165, 1.54) is 0 Å². The van der Waals surface area contributed by atoms with Crippen LogP contribution in [0.25, 0.3) is 0 Å². The maximum absolute atomic E-state index is 14.6. The van der Waals surface area contributed by atoms with Gasteiger partial charge >= 0.3 is 0 Å². The first-order chi connectivity index (χ1) is 10.1. The molecule has 0 saturated heterocycles. The Labute approximate surface area is 129 Å². The van der Waals surface area contributed by atoms with E-state index in [1.54, 1.807) is 23.1 Å². The fourth-order valence-electron chi connectivity index (χ4n) is 2.39. The Bertz CT molecular complexity index is 720. The Morgan fingerprint density at radius 3 is 2.76 bits per heavy atom. The summed E-state index contributed by atoms with van der Waals surface area (Å²) >= 11 is 3.23. The molecule has 3 rings (SSSR count). The molecule has 0 aromatic heterocycles. The lowest BCUT2D eigenvalue weighted by Crippen LogP contribution is -2.35. The van der Waals surface area contributed by atoms with Crippen LogP contribution in [0.4, 0.5) is 21.5 Å². The first-order valence-electron chi connectivity index (χ1n) is 6.45. The van der Waals surface area contributed by atoms with E-state index < -0.39 is 5.82 Å². The number of carbonyl (C=O) groups is 1. The van der Waals surface area contributed by atoms with Crippen molar-refractivity contribution < 1.29 is 9.18 Å². The predicted molar refractivity (Wildman–Crippen MR) is 84.1 cm³/mol. The number of amides is 1. The van der Waals surface area contributed by atoms with Crippen molar-refractivity contribution in [3.8, 4) is 0 Å². The average molecular weight is 350 g/mol. The molecule has 4 nitrogen and oxygen atoms in total. The Morgan fingerprint density at radius 2 is 2.00 bits per heavy atom. The molecule has 0 bridgehead atoms. The van der Waals surface area contributed by atoms with E-state index in [2.05, 4.69) is 21.2 Å². The highest BCUT2D eigenvalue weighted by molar-refractivity contribution is 9.10. The van der Waals surface area contributed by atoms with E-state index in [-0.39, 0.29) is 19.0 Å². The zero-order valence-electron chi connectivity index (χ0n) is 11.1. The summed E-state index contributed by atoms with van der Waals surface area (Å²) < 4.78 is 14.9. The third-order valence-electron chi connectivity index (χ3n) is 3.42. The molecule has 1 amide bonds. The number of nitrogens with zero attached hydrogens (tertiary/aromatic N) is 1. The van der Waals surface area contributed by atoms with Crippen LogP contribution in [0, 0.1) is 5.82 Å². The van der Waals surface area contributed by atoms with Gasteiger partial charge in [0.05, 0.1) is 21.5 Å². The summed E-state index contributed by atoms with van der Waals surface area (Å²) in [5.74, 6) is -0.588. The van der Waals surface area contributed by atoms with Crippen molar-refractivity contribution in [1.29, 1.82) is 0 Å². The van der Waals surface area contributed by atoms with Gasteiger partial charge in [-0.3, -0.25) is 4.79 Å². The highest BCUT2D eigenvalue weighted by atomic mass is 79.9. The maximum Gasteiger partial charge on any atom is 0.244 e. The van der Waals surface area contributed by atoms with Crippen molar-refractivity contribution in [2.75, 3.05) is 16.8 Å². The van der Waals surface area contributed by atoms with E-state index >= 15 is 0 Å². The van der Waals surface area contributed by atoms with Gasteiger partial charge in [0.1, 0.15) is 6.54 Å². The maximum atomic E-state index is 14.6. The number of fused-ring (bicyclic) bond motifs is 1. The molecule has 0 spiro atoms. The third-order valence-corrected chi connectivity index (χ3v) is 4.28. The number of nitrogens with one attached hydrogen (secondary N) is 1. The minimum Gasteiger partial charge on any atom is -0.328 e. The second-order valence-corrected chi connectivity index (χ2v) is 5.52. The van der Waals surface area contributed by atoms with Crippen LogP contribution in [0.3, 0.4) is 0 Å². The molecule has 1 heterocycles. The summed E-state index contributed by atoms with van der Waals surface area (Å²) in [5, 5.41) is 2.78. The topological polar surface area (TPSA) is 58.4 Å². The number of nitrogens with two attached hydrogens (primary N) is 1. The number of anilines is 3. The van der Waals surface area contributed by atoms with Crippen LogP contribution >= 0.6 is 15.9 Å². The summed E-state index contributed by atoms with van der Waals surface area (Å²) in [5.41, 5.74) is 8.05. The second-order valence-electron chi connectivity index (χ2n) is 4.73. The zero-order chi connectivity index (χ0) is 15.0. The smallest absolute Gasteiger partial charge is 0.244 e. The van der Waals surface area contributed by atoms with E-state index in [0.29, 0.717) is 21.4 Å². The van der Waals surface area contributed by atoms with Crippen LogP contribution < -0.4 is 16.0 Å². The van der Waals surface area contributed by atoms with Crippen LogP contribution in [0.5, 0.6) is 0 Å². The Kier molecular flexibility index (Phi) is 3.65. The lowest BCUT2D eigenvalue weighted by molar-refractivity contribution is -0.115. The van der Waals surface area contributed by atoms with Crippen LogP contribution in [0.2, 0.25) is 0 Å². The standard InChI is InChI=1S/C15H13BrFN3O/c16-14-9(7-18)5-6-12(15(14)17)20-8-13(21)19-10-3-1-2-4-11(10)20/h1-6H,7-8,18H2,(H,19,21). The first kappa shape index (κ1) is 14.0. The molecule has 1 aliphatic rings. The minimum absolute atomic E-state index is 0.0718. The molecule has 0 aliphatic carbocycles. The lowest BCUT2D eigenvalue weighted by atomic mass is 10.1. The number of halogens is 2. The van der Waals surface area contributed by atoms with Crippen molar-refractivity contribution in [1.82, 2.24) is 0 Å². The normalized spacial score (nSPS) is 13.9. The number of rotatable bonds is 2. The summed E-state index contributed by atoms with van der Waals surface area (Å²) in [6.07, 6.45) is 0. The highest BCUT2D eigenvalue weighted by Gasteiger charge is 2.26. The minimum atomic E-state index is -0.414. The fourth-order valence-corrected chi connectivity index (χ4v) is 2.89. The molecule has 0 radical (unpaired) electrons. The SMILES string of the molecule is NCc1ccc(N2CC(=O)Nc3ccccc32)c(F)c1Br. The van der Waals surface area contributed by atoms with Gasteiger partial charge in [0, 0.05) is 6.54 Å². The number of benzene rings is 2. The molecular formula is C15H13BrFN3O. The van der Waals surface area contributed by atoms with E-state index in [0.717, 1.165) is 5.69 Å². The number of carbonyl (C=O) groups excluding carboxylic acids is 1. The van der Waals surface area contributed by atoms with Crippen LogP contribution in [0.15, 0.2) is 40.9 Å². The van der Waals surface area contributed by atoms with Gasteiger partial charge < -0.3 is 16.0 Å². The van der Waals surface area contributed by atoms with Gasteiger partial charge in [-0.05, 0) is 39.7 Å². The quantitative estimate of drug-likeness (QED) is 0.875. The van der Waals surface area contributed by atoms with Crippen molar-refractivity contribution in [3.05, 3.63) is 52.3 Å². The van der Waals surface area contributed by atoms with Gasteiger partial charge in [0.2, 0.25) is 5.91 Å². The van der Waals surface area contributed by atoms with Crippen LogP contribution in [-0.2, 0) is 11.3 Å². The van der Waals surface area contributed by atoms with Gasteiger partial charge in [0.15, 0.2) is 5.82 Å². The van der Waals surface area contributed by atoms with Crippen molar-refractivity contribution in [2.45, 2.75) is 6.54 Å². The summed E-state index contributed by atoms with van der Waals surface area (Å²) in [6.45, 7) is 0.317. The molecule has 0 unspecified atom stereocenters. The molecule has 0 atom stereocenters. The first-order valence-corrected chi connectivity index (χ1v) is 7.24. The highest BCUT2D eigenvalue weighted by Crippen LogP contribution is 2.38. The van der Waals surface area contributed by atoms with Gasteiger partial charge in [0.25, 0.3) is 0 Å². The van der Waals surface area contributed by atoms with Crippen molar-refractivity contribution in [2.24, 2.45) is 5.73 Å². The third kappa shape index (κ3) is 2.41. The molecule has 2 aromatic rings. The average Bonchev–Trinajstić information content (AvgIpc) is 2.49. The summed E-state index contributed by atoms with van der Waals surface area (Å²) in [7, 11) is 0. The van der Waals surface area contributed by atoms with Gasteiger partial charge in [-0.25, -0.2) is 4.39 Å². The zero-order valence-corrected chi connectivity index (χ0v) is 12.7. The van der Waals surface area contributed by atoms with Gasteiger partial charge in [-0.2, -0.15) is 0 Å². The Hall–Kier alpha value is -1.92. The van der Waals surface area contributed by atoms with Crippen LogP contribution in [0.1, 0.15) is 5.56 Å². The van der Waals surface area contributed by atoms with Gasteiger partial charge in [-0.1, -0.05) is 18.2 Å². The molecule has 0 fully saturated rings. The number of para-hydroxylation sites is 2. The lowest BCUT2D eigenvalue weighted by Gasteiger charge is -2.31. The van der Waals surface area contributed by atoms with Gasteiger partial charge in [-0.15, -0.1) is 0 Å². The van der Waals surface area contributed by atoms with E-state index in [4.69, 9.17) is 5.73 Å². The second kappa shape index (κ2) is 5.46. The largest absolute Gasteiger partial charge is 0.328 e. The van der Waals surface area contributed by atoms with Crippen molar-refractivity contribution in [3.63, 3.8) is 0 Å². The molecule has 108 valence electrons. The summed E-state index contributed by atoms with van der Waals surface area (Å²) in [6, 6.07) is 10.7. The molecule has 3 N–H and O–H groups in total.